The van der Waals surface area contributed by atoms with E-state index in [2.05, 4.69) is 0 Å². The summed E-state index contributed by atoms with van der Waals surface area (Å²) in [6, 6.07) is 12.0. The molecule has 0 aliphatic rings. The summed E-state index contributed by atoms with van der Waals surface area (Å²) >= 11 is 0. The van der Waals surface area contributed by atoms with Gasteiger partial charge in [-0.2, -0.15) is 0 Å². The van der Waals surface area contributed by atoms with Crippen LogP contribution in [0.25, 0.3) is 11.3 Å². The number of furan rings is 1. The van der Waals surface area contributed by atoms with E-state index < -0.39 is 0 Å². The van der Waals surface area contributed by atoms with Crippen LogP contribution in [0, 0.1) is 6.92 Å². The largest absolute Gasteiger partial charge is 0.461 e. The van der Waals surface area contributed by atoms with E-state index in [1.165, 1.54) is 0 Å². The maximum atomic E-state index is 5.61. The molecule has 0 spiro atoms. The van der Waals surface area contributed by atoms with Gasteiger partial charge in [-0.1, -0.05) is 30.3 Å². The number of rotatable bonds is 2. The van der Waals surface area contributed by atoms with E-state index in [9.17, 15) is 0 Å². The second-order valence-corrected chi connectivity index (χ2v) is 3.26. The van der Waals surface area contributed by atoms with Crippen molar-refractivity contribution in [3.8, 4) is 11.3 Å². The molecule has 0 unspecified atom stereocenters. The van der Waals surface area contributed by atoms with Gasteiger partial charge in [-0.05, 0) is 13.0 Å². The summed E-state index contributed by atoms with van der Waals surface area (Å²) in [5.41, 5.74) is 7.75. The fraction of sp³-hybridized carbons (Fsp3) is 0.167. The van der Waals surface area contributed by atoms with Gasteiger partial charge in [0, 0.05) is 17.7 Å². The van der Waals surface area contributed by atoms with Crippen LogP contribution in [-0.2, 0) is 6.54 Å². The Labute approximate surface area is 83.4 Å². The van der Waals surface area contributed by atoms with Crippen LogP contribution in [0.2, 0.25) is 0 Å². The lowest BCUT2D eigenvalue weighted by Gasteiger charge is -1.93. The first-order valence-electron chi connectivity index (χ1n) is 4.66. The van der Waals surface area contributed by atoms with Crippen molar-refractivity contribution in [1.29, 1.82) is 0 Å². The highest BCUT2D eigenvalue weighted by Crippen LogP contribution is 2.24. The number of aryl methyl sites for hydroxylation is 1. The second-order valence-electron chi connectivity index (χ2n) is 3.26. The molecule has 0 aliphatic heterocycles. The molecule has 2 nitrogen and oxygen atoms in total. The fourth-order valence-electron chi connectivity index (χ4n) is 1.47. The van der Waals surface area contributed by atoms with E-state index in [0.717, 1.165) is 22.6 Å². The molecule has 2 aromatic rings. The predicted octanol–water partition coefficient (Wildman–Crippen LogP) is 2.71. The van der Waals surface area contributed by atoms with Crippen molar-refractivity contribution in [2.24, 2.45) is 5.73 Å². The lowest BCUT2D eigenvalue weighted by atomic mass is 10.1. The minimum atomic E-state index is 0.530. The molecule has 72 valence electrons. The zero-order chi connectivity index (χ0) is 9.97. The van der Waals surface area contributed by atoms with Crippen molar-refractivity contribution >= 4 is 0 Å². The van der Waals surface area contributed by atoms with Gasteiger partial charge in [-0.3, -0.25) is 0 Å². The van der Waals surface area contributed by atoms with Gasteiger partial charge in [-0.15, -0.1) is 0 Å². The number of hydrogen-bond donors (Lipinski definition) is 1. The topological polar surface area (TPSA) is 39.2 Å². The highest BCUT2D eigenvalue weighted by Gasteiger charge is 2.06. The van der Waals surface area contributed by atoms with Crippen LogP contribution >= 0.6 is 0 Å². The van der Waals surface area contributed by atoms with E-state index in [0.29, 0.717) is 6.54 Å². The molecule has 2 N–H and O–H groups in total. The van der Waals surface area contributed by atoms with Crippen LogP contribution in [0.3, 0.4) is 0 Å². The molecule has 0 atom stereocenters. The zero-order valence-corrected chi connectivity index (χ0v) is 8.16. The third-order valence-electron chi connectivity index (χ3n) is 2.30. The van der Waals surface area contributed by atoms with Crippen molar-refractivity contribution in [1.82, 2.24) is 0 Å². The van der Waals surface area contributed by atoms with Crippen LogP contribution in [0.15, 0.2) is 40.8 Å². The van der Waals surface area contributed by atoms with Crippen LogP contribution in [0.5, 0.6) is 0 Å². The summed E-state index contributed by atoms with van der Waals surface area (Å²) in [5, 5.41) is 0. The van der Waals surface area contributed by atoms with E-state index in [1.807, 2.05) is 43.3 Å². The Morgan fingerprint density at radius 2 is 1.93 bits per heavy atom. The van der Waals surface area contributed by atoms with E-state index in [-0.39, 0.29) is 0 Å². The first kappa shape index (κ1) is 9.03. The molecule has 0 fully saturated rings. The predicted molar refractivity (Wildman–Crippen MR) is 56.8 cm³/mol. The normalized spacial score (nSPS) is 10.4. The zero-order valence-electron chi connectivity index (χ0n) is 8.16. The van der Waals surface area contributed by atoms with Gasteiger partial charge < -0.3 is 10.2 Å². The van der Waals surface area contributed by atoms with Gasteiger partial charge in [-0.25, -0.2) is 0 Å². The van der Waals surface area contributed by atoms with Crippen LogP contribution < -0.4 is 5.73 Å². The molecule has 0 aliphatic carbocycles. The Morgan fingerprint density at radius 3 is 2.50 bits per heavy atom. The van der Waals surface area contributed by atoms with E-state index >= 15 is 0 Å². The van der Waals surface area contributed by atoms with Gasteiger partial charge in [0.15, 0.2) is 0 Å². The Morgan fingerprint density at radius 1 is 1.21 bits per heavy atom. The van der Waals surface area contributed by atoms with Crippen LogP contribution in [0.1, 0.15) is 11.3 Å². The molecule has 2 rings (SSSR count). The summed E-state index contributed by atoms with van der Waals surface area (Å²) in [7, 11) is 0. The monoisotopic (exact) mass is 187 g/mol. The molecule has 0 saturated carbocycles. The Bertz CT molecular complexity index is 417. The molecular weight excluding hydrogens is 174 g/mol. The first-order valence-corrected chi connectivity index (χ1v) is 4.66. The maximum Gasteiger partial charge on any atom is 0.134 e. The number of nitrogens with two attached hydrogens (primary N) is 1. The van der Waals surface area contributed by atoms with Crippen LogP contribution in [0.4, 0.5) is 0 Å². The Kier molecular flexibility index (Phi) is 2.37. The minimum absolute atomic E-state index is 0.530. The summed E-state index contributed by atoms with van der Waals surface area (Å²) in [4.78, 5) is 0. The Hall–Kier alpha value is -1.54. The summed E-state index contributed by atoms with van der Waals surface area (Å²) < 4.78 is 5.61. The van der Waals surface area contributed by atoms with Gasteiger partial charge in [0.1, 0.15) is 11.5 Å². The Balaban J connectivity index is 2.43. The van der Waals surface area contributed by atoms with Crippen molar-refractivity contribution in [3.05, 3.63) is 47.7 Å². The van der Waals surface area contributed by atoms with Gasteiger partial charge in [0.25, 0.3) is 0 Å². The fourth-order valence-corrected chi connectivity index (χ4v) is 1.47. The number of benzene rings is 1. The van der Waals surface area contributed by atoms with E-state index in [1.54, 1.807) is 0 Å². The second kappa shape index (κ2) is 3.68. The summed E-state index contributed by atoms with van der Waals surface area (Å²) in [6.07, 6.45) is 0. The van der Waals surface area contributed by atoms with Gasteiger partial charge in [0.2, 0.25) is 0 Å². The molecule has 0 amide bonds. The third kappa shape index (κ3) is 1.56. The lowest BCUT2D eigenvalue weighted by Crippen LogP contribution is -1.95. The lowest BCUT2D eigenvalue weighted by molar-refractivity contribution is 0.543. The highest BCUT2D eigenvalue weighted by atomic mass is 16.3. The molecule has 1 heterocycles. The maximum absolute atomic E-state index is 5.61. The molecule has 0 saturated heterocycles. The van der Waals surface area contributed by atoms with Crippen molar-refractivity contribution in [2.75, 3.05) is 0 Å². The first-order chi connectivity index (χ1) is 6.81. The van der Waals surface area contributed by atoms with Crippen molar-refractivity contribution < 1.29 is 4.42 Å². The van der Waals surface area contributed by atoms with Crippen molar-refractivity contribution in [2.45, 2.75) is 13.5 Å². The molecule has 1 aromatic heterocycles. The van der Waals surface area contributed by atoms with Gasteiger partial charge >= 0.3 is 0 Å². The van der Waals surface area contributed by atoms with Gasteiger partial charge in [0.05, 0.1) is 0 Å². The molecule has 1 aromatic carbocycles. The quantitative estimate of drug-likeness (QED) is 0.785. The third-order valence-corrected chi connectivity index (χ3v) is 2.30. The SMILES string of the molecule is Cc1oc(-c2ccccc2)cc1CN. The van der Waals surface area contributed by atoms with E-state index in [4.69, 9.17) is 10.2 Å². The summed E-state index contributed by atoms with van der Waals surface area (Å²) in [6.45, 7) is 2.47. The number of hydrogen-bond acceptors (Lipinski definition) is 2. The average Bonchev–Trinajstić information content (AvgIpc) is 2.61. The summed E-state index contributed by atoms with van der Waals surface area (Å²) in [5.74, 6) is 1.80. The standard InChI is InChI=1S/C12H13NO/c1-9-11(8-13)7-12(14-9)10-5-3-2-4-6-10/h2-7H,8,13H2,1H3. The minimum Gasteiger partial charge on any atom is -0.461 e. The van der Waals surface area contributed by atoms with Crippen molar-refractivity contribution in [3.63, 3.8) is 0 Å². The average molecular weight is 187 g/mol. The smallest absolute Gasteiger partial charge is 0.134 e. The molecule has 14 heavy (non-hydrogen) atoms. The molecule has 2 heteroatoms. The molecular formula is C12H13NO. The highest BCUT2D eigenvalue weighted by molar-refractivity contribution is 5.58. The molecule has 0 bridgehead atoms. The van der Waals surface area contributed by atoms with Crippen LogP contribution in [-0.4, -0.2) is 0 Å². The molecule has 0 radical (unpaired) electrons.